The predicted octanol–water partition coefficient (Wildman–Crippen LogP) is 5.97. The third-order valence-corrected chi connectivity index (χ3v) is 6.92. The standard InChI is InChI=1S/C27H32N2O4S/c1-20(2)24-13-8-14-25(21(3)4)27(24)28-26(30)19-29(18-23-12-9-16-33-23)34(31,32)17-15-22-10-6-5-7-11-22/h5-17,20-21H,18-19H2,1-4H3,(H,28,30). The maximum atomic E-state index is 13.2. The Morgan fingerprint density at radius 1 is 0.941 bits per heavy atom. The number of amides is 1. The van der Waals surface area contributed by atoms with Crippen LogP contribution in [-0.4, -0.2) is 25.2 Å². The van der Waals surface area contributed by atoms with Crippen LogP contribution in [-0.2, 0) is 21.4 Å². The van der Waals surface area contributed by atoms with E-state index < -0.39 is 15.9 Å². The van der Waals surface area contributed by atoms with E-state index in [0.717, 1.165) is 32.1 Å². The first-order valence-electron chi connectivity index (χ1n) is 11.4. The summed E-state index contributed by atoms with van der Waals surface area (Å²) in [5.41, 5.74) is 3.54. The van der Waals surface area contributed by atoms with Crippen LogP contribution in [0.5, 0.6) is 0 Å². The van der Waals surface area contributed by atoms with E-state index in [-0.39, 0.29) is 24.9 Å². The Morgan fingerprint density at radius 2 is 1.59 bits per heavy atom. The van der Waals surface area contributed by atoms with Crippen molar-refractivity contribution in [3.63, 3.8) is 0 Å². The summed E-state index contributed by atoms with van der Waals surface area (Å²) >= 11 is 0. The van der Waals surface area contributed by atoms with Crippen molar-refractivity contribution in [3.05, 3.63) is 94.8 Å². The minimum atomic E-state index is -3.90. The van der Waals surface area contributed by atoms with Crippen molar-refractivity contribution in [2.75, 3.05) is 11.9 Å². The lowest BCUT2D eigenvalue weighted by molar-refractivity contribution is -0.116. The maximum Gasteiger partial charge on any atom is 0.239 e. The molecule has 0 spiro atoms. The topological polar surface area (TPSA) is 79.6 Å². The highest BCUT2D eigenvalue weighted by Crippen LogP contribution is 2.32. The van der Waals surface area contributed by atoms with E-state index in [0.29, 0.717) is 5.76 Å². The zero-order valence-electron chi connectivity index (χ0n) is 20.1. The lowest BCUT2D eigenvalue weighted by Crippen LogP contribution is -2.36. The van der Waals surface area contributed by atoms with E-state index in [1.807, 2.05) is 48.5 Å². The largest absolute Gasteiger partial charge is 0.468 e. The molecule has 3 rings (SSSR count). The van der Waals surface area contributed by atoms with Gasteiger partial charge in [-0.25, -0.2) is 8.42 Å². The molecule has 0 atom stereocenters. The van der Waals surface area contributed by atoms with Crippen LogP contribution in [0.25, 0.3) is 6.08 Å². The van der Waals surface area contributed by atoms with Gasteiger partial charge in [-0.05, 0) is 46.7 Å². The van der Waals surface area contributed by atoms with Crippen molar-refractivity contribution in [2.45, 2.75) is 46.1 Å². The Bertz CT molecular complexity index is 1190. The van der Waals surface area contributed by atoms with Crippen molar-refractivity contribution < 1.29 is 17.6 Å². The normalized spacial score (nSPS) is 12.2. The molecule has 3 aromatic rings. The van der Waals surface area contributed by atoms with Gasteiger partial charge in [-0.2, -0.15) is 4.31 Å². The molecule has 0 bridgehead atoms. The third-order valence-electron chi connectivity index (χ3n) is 5.46. The summed E-state index contributed by atoms with van der Waals surface area (Å²) in [7, 11) is -3.90. The SMILES string of the molecule is CC(C)c1cccc(C(C)C)c1NC(=O)CN(Cc1ccco1)S(=O)(=O)C=Cc1ccccc1. The molecule has 0 radical (unpaired) electrons. The first-order chi connectivity index (χ1) is 16.2. The Balaban J connectivity index is 1.87. The summed E-state index contributed by atoms with van der Waals surface area (Å²) in [6.07, 6.45) is 3.00. The minimum absolute atomic E-state index is 0.0508. The average Bonchev–Trinajstić information content (AvgIpc) is 3.31. The zero-order valence-corrected chi connectivity index (χ0v) is 20.9. The van der Waals surface area contributed by atoms with Gasteiger partial charge in [-0.1, -0.05) is 76.2 Å². The molecule has 6 nitrogen and oxygen atoms in total. The van der Waals surface area contributed by atoms with Gasteiger partial charge < -0.3 is 9.73 Å². The van der Waals surface area contributed by atoms with Crippen LogP contribution in [0.3, 0.4) is 0 Å². The number of anilines is 1. The second kappa shape index (κ2) is 11.3. The molecule has 0 saturated heterocycles. The monoisotopic (exact) mass is 480 g/mol. The Hall–Kier alpha value is -3.16. The predicted molar refractivity (Wildman–Crippen MR) is 137 cm³/mol. The molecule has 0 aliphatic carbocycles. The highest BCUT2D eigenvalue weighted by molar-refractivity contribution is 7.92. The number of benzene rings is 2. The van der Waals surface area contributed by atoms with Crippen LogP contribution in [0.4, 0.5) is 5.69 Å². The second-order valence-electron chi connectivity index (χ2n) is 8.77. The molecule has 1 heterocycles. The number of sulfonamides is 1. The van der Waals surface area contributed by atoms with Crippen LogP contribution >= 0.6 is 0 Å². The molecular formula is C27H32N2O4S. The molecule has 34 heavy (non-hydrogen) atoms. The minimum Gasteiger partial charge on any atom is -0.468 e. The number of nitrogens with zero attached hydrogens (tertiary/aromatic N) is 1. The van der Waals surface area contributed by atoms with Crippen molar-refractivity contribution in [1.82, 2.24) is 4.31 Å². The van der Waals surface area contributed by atoms with E-state index in [9.17, 15) is 13.2 Å². The lowest BCUT2D eigenvalue weighted by atomic mass is 9.92. The third kappa shape index (κ3) is 6.68. The fraction of sp³-hybridized carbons (Fsp3) is 0.296. The average molecular weight is 481 g/mol. The van der Waals surface area contributed by atoms with Crippen LogP contribution in [0.2, 0.25) is 0 Å². The first kappa shape index (κ1) is 25.5. The summed E-state index contributed by atoms with van der Waals surface area (Å²) in [4.78, 5) is 13.1. The Morgan fingerprint density at radius 3 is 2.15 bits per heavy atom. The Labute approximate surface area is 202 Å². The number of rotatable bonds is 10. The Kier molecular flexibility index (Phi) is 8.47. The fourth-order valence-electron chi connectivity index (χ4n) is 3.66. The van der Waals surface area contributed by atoms with Gasteiger partial charge in [0.05, 0.1) is 19.4 Å². The first-order valence-corrected chi connectivity index (χ1v) is 12.9. The summed E-state index contributed by atoms with van der Waals surface area (Å²) in [5.74, 6) is 0.449. The van der Waals surface area contributed by atoms with Crippen molar-refractivity contribution in [1.29, 1.82) is 0 Å². The van der Waals surface area contributed by atoms with Gasteiger partial charge in [0.15, 0.2) is 0 Å². The number of nitrogens with one attached hydrogen (secondary N) is 1. The highest BCUT2D eigenvalue weighted by atomic mass is 32.2. The summed E-state index contributed by atoms with van der Waals surface area (Å²) in [6.45, 7) is 7.87. The van der Waals surface area contributed by atoms with E-state index in [1.165, 1.54) is 12.3 Å². The molecule has 0 unspecified atom stereocenters. The smallest absolute Gasteiger partial charge is 0.239 e. The van der Waals surface area contributed by atoms with Gasteiger partial charge in [0, 0.05) is 11.1 Å². The molecule has 0 fully saturated rings. The number of hydrogen-bond acceptors (Lipinski definition) is 4. The van der Waals surface area contributed by atoms with E-state index in [4.69, 9.17) is 4.42 Å². The number of furan rings is 1. The molecule has 1 N–H and O–H groups in total. The van der Waals surface area contributed by atoms with Crippen molar-refractivity contribution in [2.24, 2.45) is 0 Å². The zero-order chi connectivity index (χ0) is 24.7. The van der Waals surface area contributed by atoms with Crippen molar-refractivity contribution >= 4 is 27.7 Å². The highest BCUT2D eigenvalue weighted by Gasteiger charge is 2.25. The lowest BCUT2D eigenvalue weighted by Gasteiger charge is -2.22. The molecule has 2 aromatic carbocycles. The molecule has 0 aliphatic heterocycles. The molecule has 7 heteroatoms. The van der Waals surface area contributed by atoms with E-state index in [1.54, 1.807) is 12.1 Å². The van der Waals surface area contributed by atoms with Gasteiger partial charge >= 0.3 is 0 Å². The van der Waals surface area contributed by atoms with Gasteiger partial charge in [0.25, 0.3) is 0 Å². The maximum absolute atomic E-state index is 13.2. The van der Waals surface area contributed by atoms with Gasteiger partial charge in [0.2, 0.25) is 15.9 Å². The second-order valence-corrected chi connectivity index (χ2v) is 10.6. The number of hydrogen-bond donors (Lipinski definition) is 1. The number of carbonyl (C=O) groups excluding carboxylic acids is 1. The van der Waals surface area contributed by atoms with Crippen molar-refractivity contribution in [3.8, 4) is 0 Å². The van der Waals surface area contributed by atoms with E-state index >= 15 is 0 Å². The van der Waals surface area contributed by atoms with Crippen LogP contribution in [0, 0.1) is 0 Å². The van der Waals surface area contributed by atoms with Crippen LogP contribution in [0.1, 0.15) is 62.0 Å². The quantitative estimate of drug-likeness (QED) is 0.388. The van der Waals surface area contributed by atoms with Gasteiger partial charge in [-0.15, -0.1) is 0 Å². The summed E-state index contributed by atoms with van der Waals surface area (Å²) in [5, 5.41) is 4.12. The number of carbonyl (C=O) groups is 1. The van der Waals surface area contributed by atoms with Crippen LogP contribution < -0.4 is 5.32 Å². The summed E-state index contributed by atoms with van der Waals surface area (Å²) < 4.78 is 32.9. The number of para-hydroxylation sites is 1. The van der Waals surface area contributed by atoms with Crippen LogP contribution in [0.15, 0.2) is 76.8 Å². The van der Waals surface area contributed by atoms with Gasteiger partial charge in [0.1, 0.15) is 5.76 Å². The molecule has 1 amide bonds. The molecular weight excluding hydrogens is 448 g/mol. The fourth-order valence-corrected chi connectivity index (χ4v) is 4.77. The molecule has 0 aliphatic rings. The molecule has 0 saturated carbocycles. The van der Waals surface area contributed by atoms with Gasteiger partial charge in [-0.3, -0.25) is 4.79 Å². The van der Waals surface area contributed by atoms with E-state index in [2.05, 4.69) is 33.0 Å². The molecule has 180 valence electrons. The molecule has 1 aromatic heterocycles. The summed E-state index contributed by atoms with van der Waals surface area (Å²) in [6, 6.07) is 18.5.